The first-order valence-corrected chi connectivity index (χ1v) is 7.82. The van der Waals surface area contributed by atoms with Gasteiger partial charge in [-0.3, -0.25) is 4.79 Å². The zero-order valence-electron chi connectivity index (χ0n) is 13.2. The van der Waals surface area contributed by atoms with Crippen LogP contribution in [-0.4, -0.2) is 24.0 Å². The summed E-state index contributed by atoms with van der Waals surface area (Å²) in [5.41, 5.74) is 1.73. The number of nitrogens with one attached hydrogen (secondary N) is 1. The molecule has 2 aromatic rings. The molecule has 4 nitrogen and oxygen atoms in total. The lowest BCUT2D eigenvalue weighted by molar-refractivity contribution is 0.102. The van der Waals surface area contributed by atoms with Crippen LogP contribution in [-0.2, 0) is 0 Å². The summed E-state index contributed by atoms with van der Waals surface area (Å²) in [6.07, 6.45) is 4.03. The molecule has 0 spiro atoms. The van der Waals surface area contributed by atoms with Crippen LogP contribution in [0, 0.1) is 0 Å². The predicted octanol–water partition coefficient (Wildman–Crippen LogP) is 3.96. The highest BCUT2D eigenvalue weighted by molar-refractivity contribution is 6.03. The van der Waals surface area contributed by atoms with E-state index in [1.807, 2.05) is 36.5 Å². The average Bonchev–Trinajstić information content (AvgIpc) is 2.56. The number of hydrogen-bond acceptors (Lipinski definition) is 3. The molecule has 0 bridgehead atoms. The normalized spacial score (nSPS) is 10.3. The van der Waals surface area contributed by atoms with Gasteiger partial charge in [0.15, 0.2) is 0 Å². The molecule has 1 N–H and O–H groups in total. The Labute approximate surface area is 132 Å². The molecular weight excluding hydrogens is 274 g/mol. The van der Waals surface area contributed by atoms with Crippen molar-refractivity contribution in [2.45, 2.75) is 26.7 Å². The van der Waals surface area contributed by atoms with Crippen LogP contribution in [0.4, 0.5) is 11.5 Å². The molecule has 22 heavy (non-hydrogen) atoms. The number of carbonyl (C=O) groups excluding carboxylic acids is 1. The highest BCUT2D eigenvalue weighted by Gasteiger charge is 2.08. The topological polar surface area (TPSA) is 45.2 Å². The zero-order chi connectivity index (χ0) is 15.8. The SMILES string of the molecule is CCCN(CCC)c1ccc(NC(=O)c2ccccc2)nc1. The molecule has 0 fully saturated rings. The molecule has 0 aliphatic rings. The van der Waals surface area contributed by atoms with Gasteiger partial charge in [0.05, 0.1) is 11.9 Å². The van der Waals surface area contributed by atoms with E-state index in [-0.39, 0.29) is 5.91 Å². The Hall–Kier alpha value is -2.36. The van der Waals surface area contributed by atoms with Gasteiger partial charge in [-0.15, -0.1) is 0 Å². The second-order valence-corrected chi connectivity index (χ2v) is 5.21. The van der Waals surface area contributed by atoms with E-state index in [1.165, 1.54) is 0 Å². The van der Waals surface area contributed by atoms with Gasteiger partial charge in [0.2, 0.25) is 0 Å². The van der Waals surface area contributed by atoms with Crippen molar-refractivity contribution < 1.29 is 4.79 Å². The monoisotopic (exact) mass is 297 g/mol. The number of hydrogen-bond donors (Lipinski definition) is 1. The standard InChI is InChI=1S/C18H23N3O/c1-3-12-21(13-4-2)16-10-11-17(19-14-16)20-18(22)15-8-6-5-7-9-15/h5-11,14H,3-4,12-13H2,1-2H3,(H,19,20,22). The quantitative estimate of drug-likeness (QED) is 0.841. The van der Waals surface area contributed by atoms with Gasteiger partial charge < -0.3 is 10.2 Å². The third-order valence-corrected chi connectivity index (χ3v) is 3.38. The summed E-state index contributed by atoms with van der Waals surface area (Å²) in [6, 6.07) is 13.0. The Morgan fingerprint density at radius 3 is 2.27 bits per heavy atom. The van der Waals surface area contributed by atoms with E-state index in [4.69, 9.17) is 0 Å². The fraction of sp³-hybridized carbons (Fsp3) is 0.333. The van der Waals surface area contributed by atoms with Crippen LogP contribution >= 0.6 is 0 Å². The van der Waals surface area contributed by atoms with E-state index < -0.39 is 0 Å². The van der Waals surface area contributed by atoms with Gasteiger partial charge >= 0.3 is 0 Å². The molecule has 2 rings (SSSR count). The van der Waals surface area contributed by atoms with E-state index >= 15 is 0 Å². The number of benzene rings is 1. The van der Waals surface area contributed by atoms with Crippen LogP contribution in [0.5, 0.6) is 0 Å². The fourth-order valence-electron chi connectivity index (χ4n) is 2.33. The molecular formula is C18H23N3O. The minimum Gasteiger partial charge on any atom is -0.370 e. The molecule has 0 aliphatic carbocycles. The summed E-state index contributed by atoms with van der Waals surface area (Å²) in [4.78, 5) is 18.7. The maximum Gasteiger partial charge on any atom is 0.256 e. The van der Waals surface area contributed by atoms with E-state index in [9.17, 15) is 4.79 Å². The molecule has 0 saturated heterocycles. The number of rotatable bonds is 7. The van der Waals surface area contributed by atoms with Crippen molar-refractivity contribution >= 4 is 17.4 Å². The van der Waals surface area contributed by atoms with E-state index in [0.29, 0.717) is 11.4 Å². The minimum atomic E-state index is -0.139. The van der Waals surface area contributed by atoms with Gasteiger partial charge in [0.1, 0.15) is 5.82 Å². The van der Waals surface area contributed by atoms with E-state index in [0.717, 1.165) is 31.6 Å². The number of aromatic nitrogens is 1. The third kappa shape index (κ3) is 4.32. The van der Waals surface area contributed by atoms with Crippen molar-refractivity contribution in [3.05, 3.63) is 54.2 Å². The molecule has 0 radical (unpaired) electrons. The van der Waals surface area contributed by atoms with Gasteiger partial charge in [-0.2, -0.15) is 0 Å². The maximum absolute atomic E-state index is 12.1. The molecule has 1 aromatic carbocycles. The fourth-order valence-corrected chi connectivity index (χ4v) is 2.33. The van der Waals surface area contributed by atoms with Gasteiger partial charge in [-0.05, 0) is 37.1 Å². The van der Waals surface area contributed by atoms with Crippen molar-refractivity contribution in [2.75, 3.05) is 23.3 Å². The van der Waals surface area contributed by atoms with Gasteiger partial charge in [0, 0.05) is 18.7 Å². The molecule has 0 saturated carbocycles. The summed E-state index contributed by atoms with van der Waals surface area (Å²) < 4.78 is 0. The number of anilines is 2. The smallest absolute Gasteiger partial charge is 0.256 e. The molecule has 4 heteroatoms. The Bertz CT molecular complexity index is 575. The Balaban J connectivity index is 2.03. The zero-order valence-corrected chi connectivity index (χ0v) is 13.2. The largest absolute Gasteiger partial charge is 0.370 e. The van der Waals surface area contributed by atoms with Crippen molar-refractivity contribution in [1.29, 1.82) is 0 Å². The minimum absolute atomic E-state index is 0.139. The van der Waals surface area contributed by atoms with Crippen LogP contribution in [0.1, 0.15) is 37.0 Å². The first-order chi connectivity index (χ1) is 10.7. The summed E-state index contributed by atoms with van der Waals surface area (Å²) in [6.45, 7) is 6.38. The summed E-state index contributed by atoms with van der Waals surface area (Å²) in [5.74, 6) is 0.436. The van der Waals surface area contributed by atoms with Crippen LogP contribution < -0.4 is 10.2 Å². The number of nitrogens with zero attached hydrogens (tertiary/aromatic N) is 2. The first kappa shape index (κ1) is 16.0. The van der Waals surface area contributed by atoms with Crippen molar-refractivity contribution in [1.82, 2.24) is 4.98 Å². The number of amides is 1. The summed E-state index contributed by atoms with van der Waals surface area (Å²) in [7, 11) is 0. The van der Waals surface area contributed by atoms with Crippen LogP contribution in [0.2, 0.25) is 0 Å². The number of carbonyl (C=O) groups is 1. The Morgan fingerprint density at radius 2 is 1.73 bits per heavy atom. The third-order valence-electron chi connectivity index (χ3n) is 3.38. The summed E-state index contributed by atoms with van der Waals surface area (Å²) in [5, 5.41) is 2.82. The van der Waals surface area contributed by atoms with Crippen molar-refractivity contribution in [2.24, 2.45) is 0 Å². The highest BCUT2D eigenvalue weighted by Crippen LogP contribution is 2.16. The van der Waals surface area contributed by atoms with E-state index in [1.54, 1.807) is 12.1 Å². The highest BCUT2D eigenvalue weighted by atomic mass is 16.1. The van der Waals surface area contributed by atoms with Crippen LogP contribution in [0.3, 0.4) is 0 Å². The second kappa shape index (κ2) is 8.17. The molecule has 0 unspecified atom stereocenters. The lowest BCUT2D eigenvalue weighted by Gasteiger charge is -2.23. The molecule has 116 valence electrons. The van der Waals surface area contributed by atoms with Crippen LogP contribution in [0.25, 0.3) is 0 Å². The molecule has 1 heterocycles. The molecule has 1 aromatic heterocycles. The maximum atomic E-state index is 12.1. The number of pyridine rings is 1. The lowest BCUT2D eigenvalue weighted by Crippen LogP contribution is -2.25. The molecule has 1 amide bonds. The lowest BCUT2D eigenvalue weighted by atomic mass is 10.2. The average molecular weight is 297 g/mol. The van der Waals surface area contributed by atoms with Crippen molar-refractivity contribution in [3.63, 3.8) is 0 Å². The second-order valence-electron chi connectivity index (χ2n) is 5.21. The molecule has 0 aliphatic heterocycles. The van der Waals surface area contributed by atoms with Gasteiger partial charge in [-0.1, -0.05) is 32.0 Å². The van der Waals surface area contributed by atoms with Crippen LogP contribution in [0.15, 0.2) is 48.7 Å². The van der Waals surface area contributed by atoms with Gasteiger partial charge in [-0.25, -0.2) is 4.98 Å². The molecule has 0 atom stereocenters. The Kier molecular flexibility index (Phi) is 5.95. The first-order valence-electron chi connectivity index (χ1n) is 7.82. The van der Waals surface area contributed by atoms with Crippen molar-refractivity contribution in [3.8, 4) is 0 Å². The van der Waals surface area contributed by atoms with E-state index in [2.05, 4.69) is 29.0 Å². The predicted molar refractivity (Wildman–Crippen MR) is 91.4 cm³/mol. The summed E-state index contributed by atoms with van der Waals surface area (Å²) >= 11 is 0. The van der Waals surface area contributed by atoms with Gasteiger partial charge in [0.25, 0.3) is 5.91 Å². The Morgan fingerprint density at radius 1 is 1.05 bits per heavy atom.